The molecule has 12 heavy (non-hydrogen) atoms. The van der Waals surface area contributed by atoms with Crippen molar-refractivity contribution < 1.29 is 19.4 Å². The van der Waals surface area contributed by atoms with Crippen LogP contribution in [0.4, 0.5) is 0 Å². The fourth-order valence-corrected chi connectivity index (χ4v) is 0.696. The molecule has 1 aromatic heterocycles. The summed E-state index contributed by atoms with van der Waals surface area (Å²) in [7, 11) is 0. The van der Waals surface area contributed by atoms with E-state index in [1.54, 1.807) is 6.07 Å². The van der Waals surface area contributed by atoms with Crippen LogP contribution in [0.1, 0.15) is 12.5 Å². The van der Waals surface area contributed by atoms with Crippen LogP contribution in [-0.2, 0) is 11.3 Å². The Morgan fingerprint density at radius 2 is 2.33 bits per heavy atom. The SMILES string of the molecule is CC(O)[C@@H](O)OCc1ccoc1. The number of ether oxygens (including phenoxy) is 1. The van der Waals surface area contributed by atoms with Gasteiger partial charge in [-0.05, 0) is 13.0 Å². The van der Waals surface area contributed by atoms with Gasteiger partial charge in [-0.15, -0.1) is 0 Å². The standard InChI is InChI=1S/C8H12O4/c1-6(9)8(10)12-5-7-2-3-11-4-7/h2-4,6,8-10H,5H2,1H3/t6?,8-/m0/s1. The fraction of sp³-hybridized carbons (Fsp3) is 0.500. The summed E-state index contributed by atoms with van der Waals surface area (Å²) in [5.41, 5.74) is 0.828. The maximum atomic E-state index is 9.02. The lowest BCUT2D eigenvalue weighted by atomic mass is 10.3. The second-order valence-corrected chi connectivity index (χ2v) is 2.57. The Morgan fingerprint density at radius 3 is 2.83 bits per heavy atom. The third-order valence-corrected chi connectivity index (χ3v) is 1.41. The van der Waals surface area contributed by atoms with E-state index < -0.39 is 12.4 Å². The number of hydrogen-bond acceptors (Lipinski definition) is 4. The normalized spacial score (nSPS) is 15.9. The molecule has 0 aliphatic heterocycles. The van der Waals surface area contributed by atoms with Gasteiger partial charge in [0.05, 0.1) is 19.1 Å². The van der Waals surface area contributed by atoms with Crippen LogP contribution in [0.5, 0.6) is 0 Å². The molecule has 0 radical (unpaired) electrons. The molecule has 0 spiro atoms. The number of furan rings is 1. The van der Waals surface area contributed by atoms with E-state index in [-0.39, 0.29) is 6.61 Å². The van der Waals surface area contributed by atoms with Gasteiger partial charge in [-0.25, -0.2) is 0 Å². The van der Waals surface area contributed by atoms with E-state index in [2.05, 4.69) is 0 Å². The van der Waals surface area contributed by atoms with Gasteiger partial charge in [0.1, 0.15) is 6.10 Å². The monoisotopic (exact) mass is 172 g/mol. The summed E-state index contributed by atoms with van der Waals surface area (Å²) < 4.78 is 9.68. The van der Waals surface area contributed by atoms with Crippen molar-refractivity contribution >= 4 is 0 Å². The molecule has 0 amide bonds. The maximum absolute atomic E-state index is 9.02. The summed E-state index contributed by atoms with van der Waals surface area (Å²) in [5, 5.41) is 17.9. The van der Waals surface area contributed by atoms with E-state index in [4.69, 9.17) is 19.4 Å². The van der Waals surface area contributed by atoms with Gasteiger partial charge in [0.15, 0.2) is 6.29 Å². The first kappa shape index (κ1) is 9.25. The molecule has 2 N–H and O–H groups in total. The topological polar surface area (TPSA) is 62.8 Å². The van der Waals surface area contributed by atoms with Crippen molar-refractivity contribution in [2.24, 2.45) is 0 Å². The highest BCUT2D eigenvalue weighted by Crippen LogP contribution is 2.04. The summed E-state index contributed by atoms with van der Waals surface area (Å²) in [6.07, 6.45) is 1.03. The largest absolute Gasteiger partial charge is 0.472 e. The van der Waals surface area contributed by atoms with E-state index in [0.717, 1.165) is 5.56 Å². The predicted octanol–water partition coefficient (Wildman–Crippen LogP) is 0.495. The molecule has 0 aliphatic rings. The molecule has 0 saturated heterocycles. The summed E-state index contributed by atoms with van der Waals surface area (Å²) in [6.45, 7) is 1.70. The Labute approximate surface area is 70.4 Å². The van der Waals surface area contributed by atoms with Crippen LogP contribution in [0.15, 0.2) is 23.0 Å². The van der Waals surface area contributed by atoms with Gasteiger partial charge < -0.3 is 19.4 Å². The highest BCUT2D eigenvalue weighted by molar-refractivity contribution is 5.03. The Hall–Kier alpha value is -0.840. The molecule has 0 aliphatic carbocycles. The van der Waals surface area contributed by atoms with Crippen molar-refractivity contribution in [3.8, 4) is 0 Å². The molecule has 2 atom stereocenters. The van der Waals surface area contributed by atoms with E-state index >= 15 is 0 Å². The quantitative estimate of drug-likeness (QED) is 0.649. The first-order valence-electron chi connectivity index (χ1n) is 3.69. The van der Waals surface area contributed by atoms with Crippen LogP contribution in [0.3, 0.4) is 0 Å². The van der Waals surface area contributed by atoms with E-state index in [0.29, 0.717) is 0 Å². The number of aliphatic hydroxyl groups excluding tert-OH is 2. The highest BCUT2D eigenvalue weighted by atomic mass is 16.6. The fourth-order valence-electron chi connectivity index (χ4n) is 0.696. The van der Waals surface area contributed by atoms with Gasteiger partial charge in [-0.3, -0.25) is 0 Å². The van der Waals surface area contributed by atoms with E-state index in [1.807, 2.05) is 0 Å². The molecule has 0 aromatic carbocycles. The molecule has 1 rings (SSSR count). The zero-order valence-corrected chi connectivity index (χ0v) is 6.80. The molecule has 68 valence electrons. The van der Waals surface area contributed by atoms with Gasteiger partial charge in [-0.2, -0.15) is 0 Å². The highest BCUT2D eigenvalue weighted by Gasteiger charge is 2.10. The average Bonchev–Trinajstić information content (AvgIpc) is 2.51. The second-order valence-electron chi connectivity index (χ2n) is 2.57. The van der Waals surface area contributed by atoms with Crippen LogP contribution >= 0.6 is 0 Å². The smallest absolute Gasteiger partial charge is 0.180 e. The van der Waals surface area contributed by atoms with Gasteiger partial charge in [0.2, 0.25) is 0 Å². The van der Waals surface area contributed by atoms with Crippen LogP contribution < -0.4 is 0 Å². The van der Waals surface area contributed by atoms with Gasteiger partial charge >= 0.3 is 0 Å². The lowest BCUT2D eigenvalue weighted by Crippen LogP contribution is -2.25. The molecular formula is C8H12O4. The van der Waals surface area contributed by atoms with Crippen molar-refractivity contribution in [1.82, 2.24) is 0 Å². The zero-order chi connectivity index (χ0) is 8.97. The molecule has 4 nitrogen and oxygen atoms in total. The van der Waals surface area contributed by atoms with Crippen LogP contribution in [0.25, 0.3) is 0 Å². The molecule has 1 heterocycles. The zero-order valence-electron chi connectivity index (χ0n) is 6.80. The minimum Gasteiger partial charge on any atom is -0.472 e. The Kier molecular flexibility index (Phi) is 3.28. The minimum absolute atomic E-state index is 0.239. The predicted molar refractivity (Wildman–Crippen MR) is 41.2 cm³/mol. The van der Waals surface area contributed by atoms with Crippen molar-refractivity contribution in [1.29, 1.82) is 0 Å². The first-order chi connectivity index (χ1) is 5.70. The maximum Gasteiger partial charge on any atom is 0.180 e. The average molecular weight is 172 g/mol. The van der Waals surface area contributed by atoms with E-state index in [1.165, 1.54) is 19.5 Å². The van der Waals surface area contributed by atoms with Gasteiger partial charge in [0.25, 0.3) is 0 Å². The number of aliphatic hydroxyl groups is 2. The molecule has 0 saturated carbocycles. The molecule has 0 bridgehead atoms. The second kappa shape index (κ2) is 4.25. The third kappa shape index (κ3) is 2.65. The van der Waals surface area contributed by atoms with Crippen LogP contribution in [-0.4, -0.2) is 22.6 Å². The third-order valence-electron chi connectivity index (χ3n) is 1.41. The van der Waals surface area contributed by atoms with Crippen molar-refractivity contribution in [3.63, 3.8) is 0 Å². The van der Waals surface area contributed by atoms with Crippen LogP contribution in [0, 0.1) is 0 Å². The lowest BCUT2D eigenvalue weighted by Gasteiger charge is -2.13. The Morgan fingerprint density at radius 1 is 1.58 bits per heavy atom. The summed E-state index contributed by atoms with van der Waals surface area (Å²) in [4.78, 5) is 0. The van der Waals surface area contributed by atoms with Gasteiger partial charge in [-0.1, -0.05) is 0 Å². The van der Waals surface area contributed by atoms with Crippen molar-refractivity contribution in [2.75, 3.05) is 0 Å². The number of rotatable bonds is 4. The summed E-state index contributed by atoms with van der Waals surface area (Å²) >= 11 is 0. The molecule has 1 unspecified atom stereocenters. The first-order valence-corrected chi connectivity index (χ1v) is 3.69. The van der Waals surface area contributed by atoms with Gasteiger partial charge in [0, 0.05) is 5.56 Å². The Bertz CT molecular complexity index is 205. The summed E-state index contributed by atoms with van der Waals surface area (Å²) in [6, 6.07) is 1.73. The number of hydrogen-bond donors (Lipinski definition) is 2. The van der Waals surface area contributed by atoms with Crippen LogP contribution in [0.2, 0.25) is 0 Å². The molecule has 1 aromatic rings. The minimum atomic E-state index is -1.14. The van der Waals surface area contributed by atoms with Crippen molar-refractivity contribution in [3.05, 3.63) is 24.2 Å². The Balaban J connectivity index is 2.27. The summed E-state index contributed by atoms with van der Waals surface area (Å²) in [5.74, 6) is 0. The van der Waals surface area contributed by atoms with E-state index in [9.17, 15) is 0 Å². The molecular weight excluding hydrogens is 160 g/mol. The molecule has 4 heteroatoms. The lowest BCUT2D eigenvalue weighted by molar-refractivity contribution is -0.162. The van der Waals surface area contributed by atoms with Crippen molar-refractivity contribution in [2.45, 2.75) is 25.9 Å². The molecule has 0 fully saturated rings.